The van der Waals surface area contributed by atoms with Crippen molar-refractivity contribution in [1.82, 2.24) is 10.6 Å². The number of methoxy groups -OCH3 is 1. The second-order valence-electron chi connectivity index (χ2n) is 5.17. The average molecular weight is 332 g/mol. The molecular weight excluding hydrogens is 312 g/mol. The highest BCUT2D eigenvalue weighted by atomic mass is 16.5. The first-order chi connectivity index (χ1) is 11.5. The molecule has 0 aliphatic carbocycles. The van der Waals surface area contributed by atoms with Crippen molar-refractivity contribution in [2.24, 2.45) is 0 Å². The molecule has 1 aromatic rings. The van der Waals surface area contributed by atoms with Crippen molar-refractivity contribution in [1.29, 1.82) is 0 Å². The predicted octanol–water partition coefficient (Wildman–Crippen LogP) is 2.15. The number of carbonyl (C=O) groups excluding carboxylic acids is 2. The van der Waals surface area contributed by atoms with Gasteiger partial charge in [0.1, 0.15) is 6.61 Å². The highest BCUT2D eigenvalue weighted by Gasteiger charge is 2.32. The number of benzene rings is 1. The normalized spacial score (nSPS) is 17.5. The number of rotatable bonds is 5. The van der Waals surface area contributed by atoms with Crippen molar-refractivity contribution in [2.45, 2.75) is 19.9 Å². The summed E-state index contributed by atoms with van der Waals surface area (Å²) in [5.41, 5.74) is 1.31. The molecule has 0 saturated carbocycles. The second kappa shape index (κ2) is 7.54. The quantitative estimate of drug-likeness (QED) is 0.567. The Balaban J connectivity index is 2.39. The highest BCUT2D eigenvalue weighted by Crippen LogP contribution is 2.33. The number of hydrogen-bond donors (Lipinski definition) is 3. The SMILES string of the molecule is C/C=C/COC(=O)C1=C(C)NC(=O)N[C@@H]1c1ccc(O)c(OC)c1. The molecule has 0 saturated heterocycles. The average Bonchev–Trinajstić information content (AvgIpc) is 2.54. The molecule has 0 bridgehead atoms. The molecule has 2 rings (SSSR count). The molecule has 0 fully saturated rings. The molecule has 3 N–H and O–H groups in total. The van der Waals surface area contributed by atoms with Gasteiger partial charge in [0.25, 0.3) is 0 Å². The third kappa shape index (κ3) is 3.68. The highest BCUT2D eigenvalue weighted by molar-refractivity contribution is 5.95. The molecule has 1 atom stereocenters. The lowest BCUT2D eigenvalue weighted by Gasteiger charge is -2.28. The maximum atomic E-state index is 12.4. The Hall–Kier alpha value is -2.96. The smallest absolute Gasteiger partial charge is 0.338 e. The Kier molecular flexibility index (Phi) is 5.47. The second-order valence-corrected chi connectivity index (χ2v) is 5.17. The van der Waals surface area contributed by atoms with Gasteiger partial charge in [-0.15, -0.1) is 0 Å². The molecule has 128 valence electrons. The zero-order valence-electron chi connectivity index (χ0n) is 13.8. The summed E-state index contributed by atoms with van der Waals surface area (Å²) in [6, 6.07) is 3.50. The van der Waals surface area contributed by atoms with Crippen LogP contribution in [0.25, 0.3) is 0 Å². The van der Waals surface area contributed by atoms with Crippen LogP contribution in [0.4, 0.5) is 4.79 Å². The number of ether oxygens (including phenoxy) is 2. The number of phenolic OH excluding ortho intramolecular Hbond substituents is 1. The van der Waals surface area contributed by atoms with Crippen molar-refractivity contribution < 1.29 is 24.2 Å². The van der Waals surface area contributed by atoms with Gasteiger partial charge >= 0.3 is 12.0 Å². The summed E-state index contributed by atoms with van der Waals surface area (Å²) < 4.78 is 10.3. The lowest BCUT2D eigenvalue weighted by Crippen LogP contribution is -2.45. The van der Waals surface area contributed by atoms with Crippen molar-refractivity contribution in [3.63, 3.8) is 0 Å². The molecule has 1 aliphatic rings. The molecule has 0 unspecified atom stereocenters. The standard InChI is InChI=1S/C17H20N2O5/c1-4-5-8-24-16(21)14-10(2)18-17(22)19-15(14)11-6-7-12(20)13(9-11)23-3/h4-7,9,15,20H,8H2,1-3H3,(H2,18,19,22)/b5-4+/t15-/m1/s1. The van der Waals surface area contributed by atoms with E-state index in [4.69, 9.17) is 9.47 Å². The Morgan fingerprint density at radius 2 is 2.17 bits per heavy atom. The lowest BCUT2D eigenvalue weighted by molar-refractivity contribution is -0.138. The third-order valence-corrected chi connectivity index (χ3v) is 3.57. The number of aromatic hydroxyl groups is 1. The molecule has 0 radical (unpaired) electrons. The number of phenols is 1. The van der Waals surface area contributed by atoms with Crippen LogP contribution in [0, 0.1) is 0 Å². The fraction of sp³-hybridized carbons (Fsp3) is 0.294. The monoisotopic (exact) mass is 332 g/mol. The maximum absolute atomic E-state index is 12.4. The van der Waals surface area contributed by atoms with Gasteiger partial charge in [-0.05, 0) is 31.5 Å². The van der Waals surface area contributed by atoms with Crippen molar-refractivity contribution >= 4 is 12.0 Å². The molecule has 1 aromatic carbocycles. The van der Waals surface area contributed by atoms with E-state index in [2.05, 4.69) is 10.6 Å². The molecular formula is C17H20N2O5. The number of amides is 2. The minimum atomic E-state index is -0.702. The maximum Gasteiger partial charge on any atom is 0.338 e. The number of esters is 1. The van der Waals surface area contributed by atoms with Gasteiger partial charge in [0.2, 0.25) is 0 Å². The Morgan fingerprint density at radius 3 is 2.83 bits per heavy atom. The summed E-state index contributed by atoms with van der Waals surface area (Å²) in [5.74, 6) is -0.311. The first-order valence-corrected chi connectivity index (χ1v) is 7.41. The van der Waals surface area contributed by atoms with Crippen molar-refractivity contribution in [2.75, 3.05) is 13.7 Å². The van der Waals surface area contributed by atoms with Crippen LogP contribution in [0.3, 0.4) is 0 Å². The van der Waals surface area contributed by atoms with E-state index in [-0.39, 0.29) is 18.1 Å². The first kappa shape index (κ1) is 17.4. The van der Waals surface area contributed by atoms with Crippen LogP contribution in [-0.2, 0) is 9.53 Å². The summed E-state index contributed by atoms with van der Waals surface area (Å²) >= 11 is 0. The summed E-state index contributed by atoms with van der Waals surface area (Å²) in [6.45, 7) is 3.60. The van der Waals surface area contributed by atoms with Gasteiger partial charge in [-0.1, -0.05) is 18.2 Å². The molecule has 1 heterocycles. The van der Waals surface area contributed by atoms with Gasteiger partial charge in [-0.25, -0.2) is 9.59 Å². The molecule has 24 heavy (non-hydrogen) atoms. The number of hydrogen-bond acceptors (Lipinski definition) is 5. The van der Waals surface area contributed by atoms with E-state index in [1.54, 1.807) is 31.2 Å². The molecule has 7 nitrogen and oxygen atoms in total. The van der Waals surface area contributed by atoms with Crippen LogP contribution in [0.2, 0.25) is 0 Å². The molecule has 7 heteroatoms. The zero-order valence-corrected chi connectivity index (χ0v) is 13.8. The van der Waals surface area contributed by atoms with Crippen LogP contribution in [0.15, 0.2) is 41.6 Å². The minimum Gasteiger partial charge on any atom is -0.504 e. The van der Waals surface area contributed by atoms with E-state index in [9.17, 15) is 14.7 Å². The number of carbonyl (C=O) groups is 2. The Bertz CT molecular complexity index is 709. The van der Waals surface area contributed by atoms with Crippen LogP contribution >= 0.6 is 0 Å². The van der Waals surface area contributed by atoms with Crippen molar-refractivity contribution in [3.8, 4) is 11.5 Å². The fourth-order valence-electron chi connectivity index (χ4n) is 2.39. The van der Waals surface area contributed by atoms with Gasteiger partial charge in [0.05, 0.1) is 18.7 Å². The summed E-state index contributed by atoms with van der Waals surface area (Å²) in [7, 11) is 1.42. The van der Waals surface area contributed by atoms with Gasteiger partial charge in [-0.3, -0.25) is 0 Å². The van der Waals surface area contributed by atoms with Gasteiger partial charge in [-0.2, -0.15) is 0 Å². The lowest BCUT2D eigenvalue weighted by atomic mass is 9.95. The van der Waals surface area contributed by atoms with E-state index in [1.165, 1.54) is 13.2 Å². The van der Waals surface area contributed by atoms with E-state index in [1.807, 2.05) is 6.92 Å². The van der Waals surface area contributed by atoms with Crippen LogP contribution in [-0.4, -0.2) is 30.8 Å². The Morgan fingerprint density at radius 1 is 1.42 bits per heavy atom. The van der Waals surface area contributed by atoms with Gasteiger partial charge in [0.15, 0.2) is 11.5 Å². The molecule has 0 spiro atoms. The number of urea groups is 1. The topological polar surface area (TPSA) is 96.9 Å². The van der Waals surface area contributed by atoms with Crippen LogP contribution in [0.5, 0.6) is 11.5 Å². The van der Waals surface area contributed by atoms with E-state index in [0.29, 0.717) is 16.8 Å². The predicted molar refractivity (Wildman–Crippen MR) is 87.5 cm³/mol. The van der Waals surface area contributed by atoms with Gasteiger partial charge < -0.3 is 25.2 Å². The van der Waals surface area contributed by atoms with E-state index < -0.39 is 18.0 Å². The molecule has 0 aromatic heterocycles. The summed E-state index contributed by atoms with van der Waals surface area (Å²) in [6.07, 6.45) is 3.49. The third-order valence-electron chi connectivity index (χ3n) is 3.57. The summed E-state index contributed by atoms with van der Waals surface area (Å²) in [4.78, 5) is 24.2. The first-order valence-electron chi connectivity index (χ1n) is 7.41. The summed E-state index contributed by atoms with van der Waals surface area (Å²) in [5, 5.41) is 15.0. The van der Waals surface area contributed by atoms with E-state index >= 15 is 0 Å². The van der Waals surface area contributed by atoms with Crippen LogP contribution < -0.4 is 15.4 Å². The van der Waals surface area contributed by atoms with Crippen LogP contribution in [0.1, 0.15) is 25.5 Å². The van der Waals surface area contributed by atoms with Crippen molar-refractivity contribution in [3.05, 3.63) is 47.2 Å². The Labute approximate surface area is 140 Å². The minimum absolute atomic E-state index is 0.0283. The molecule has 2 amide bonds. The molecule has 1 aliphatic heterocycles. The number of allylic oxidation sites excluding steroid dienone is 2. The zero-order chi connectivity index (χ0) is 17.7. The largest absolute Gasteiger partial charge is 0.504 e. The van der Waals surface area contributed by atoms with Gasteiger partial charge in [0, 0.05) is 5.70 Å². The number of nitrogens with one attached hydrogen (secondary N) is 2. The van der Waals surface area contributed by atoms with E-state index in [0.717, 1.165) is 0 Å². The fourth-order valence-corrected chi connectivity index (χ4v) is 2.39.